The fourth-order valence-corrected chi connectivity index (χ4v) is 6.59. The number of fused-ring (bicyclic) bond motifs is 1. The molecule has 54 heavy (non-hydrogen) atoms. The molecule has 17 nitrogen and oxygen atoms in total. The predicted octanol–water partition coefficient (Wildman–Crippen LogP) is 3.64. The van der Waals surface area contributed by atoms with Crippen molar-refractivity contribution in [2.24, 2.45) is 16.8 Å². The molecule has 0 radical (unpaired) electrons. The number of carbonyl (C=O) groups is 3. The third-order valence-corrected chi connectivity index (χ3v) is 9.53. The summed E-state index contributed by atoms with van der Waals surface area (Å²) in [6.07, 6.45) is -2.23. The number of aliphatic imine (C=N–C) groups is 1. The van der Waals surface area contributed by atoms with Crippen LogP contribution < -0.4 is 15.3 Å². The number of nitrogens with two attached hydrogens (primary N) is 1. The van der Waals surface area contributed by atoms with Gasteiger partial charge in [0.15, 0.2) is 23.6 Å². The Labute approximate surface area is 316 Å². The molecule has 3 aromatic rings. The first-order valence-electron chi connectivity index (χ1n) is 17.8. The van der Waals surface area contributed by atoms with E-state index in [-0.39, 0.29) is 32.2 Å². The van der Waals surface area contributed by atoms with Crippen LogP contribution in [-0.4, -0.2) is 110 Å². The van der Waals surface area contributed by atoms with Crippen LogP contribution in [0.15, 0.2) is 53.8 Å². The molecule has 3 N–H and O–H groups in total. The van der Waals surface area contributed by atoms with E-state index in [0.717, 1.165) is 0 Å². The maximum atomic E-state index is 13.3. The normalized spacial score (nSPS) is 20.9. The van der Waals surface area contributed by atoms with E-state index < -0.39 is 68.2 Å². The van der Waals surface area contributed by atoms with Crippen molar-refractivity contribution in [1.29, 1.82) is 0 Å². The van der Waals surface area contributed by atoms with E-state index in [0.29, 0.717) is 36.8 Å². The first-order chi connectivity index (χ1) is 25.9. The van der Waals surface area contributed by atoms with Crippen molar-refractivity contribution < 1.29 is 51.9 Å². The van der Waals surface area contributed by atoms with Gasteiger partial charge in [0, 0.05) is 6.61 Å². The number of hydrogen-bond donors (Lipinski definition) is 2. The molecule has 1 aromatic carbocycles. The standard InChI is InChI=1S/C36H51N6O11P/c1-8-46-16-17-47-18-19-48-35(45)25(6)41-54(53-26-12-10-9-11-13-26)49-20-28-30(50-33(43)23(2)3)31(51-34(44)24(4)5)36(52-28,21-38-7)29-15-14-27-32(37)39-22-40-42(27)29/h9-15,22-25,28,30-31,41H,7-8,16-21H2,1-6H3,(H2,37,39,40)/t25-,28+,30+,31+,36-,54?/m0/s1. The van der Waals surface area contributed by atoms with Crippen LogP contribution in [0.1, 0.15) is 47.2 Å². The minimum Gasteiger partial charge on any atom is -0.462 e. The van der Waals surface area contributed by atoms with E-state index in [1.165, 1.54) is 10.8 Å². The van der Waals surface area contributed by atoms with Crippen molar-refractivity contribution in [2.75, 3.05) is 51.9 Å². The Balaban J connectivity index is 1.65. The first kappa shape index (κ1) is 42.5. The minimum absolute atomic E-state index is 0.0367. The molecule has 1 unspecified atom stereocenters. The van der Waals surface area contributed by atoms with E-state index in [1.54, 1.807) is 71.0 Å². The number of nitrogen functional groups attached to an aromatic ring is 1. The topological polar surface area (TPSA) is 206 Å². The molecule has 1 aliphatic rings. The summed E-state index contributed by atoms with van der Waals surface area (Å²) in [6, 6.07) is 11.4. The third-order valence-electron chi connectivity index (χ3n) is 8.17. The second kappa shape index (κ2) is 20.4. The Bertz CT molecular complexity index is 1680. The summed E-state index contributed by atoms with van der Waals surface area (Å²) in [6.45, 7) is 15.2. The summed E-state index contributed by atoms with van der Waals surface area (Å²) < 4.78 is 49.1. The van der Waals surface area contributed by atoms with Crippen molar-refractivity contribution in [2.45, 2.75) is 71.5 Å². The molecule has 0 amide bonds. The van der Waals surface area contributed by atoms with Gasteiger partial charge in [-0.15, -0.1) is 0 Å². The number of benzene rings is 1. The van der Waals surface area contributed by atoms with Crippen LogP contribution in [0.3, 0.4) is 0 Å². The number of ether oxygens (including phenoxy) is 6. The second-order valence-electron chi connectivity index (χ2n) is 12.9. The lowest BCUT2D eigenvalue weighted by atomic mass is 9.90. The van der Waals surface area contributed by atoms with Gasteiger partial charge in [-0.2, -0.15) is 5.10 Å². The molecule has 1 aliphatic heterocycles. The lowest BCUT2D eigenvalue weighted by molar-refractivity contribution is -0.175. The molecule has 2 aromatic heterocycles. The van der Waals surface area contributed by atoms with Crippen molar-refractivity contribution in [3.63, 3.8) is 0 Å². The number of esters is 3. The number of para-hydroxylation sites is 1. The molecule has 0 saturated carbocycles. The zero-order chi connectivity index (χ0) is 39.3. The van der Waals surface area contributed by atoms with Gasteiger partial charge >= 0.3 is 26.4 Å². The zero-order valence-corrected chi connectivity index (χ0v) is 32.4. The van der Waals surface area contributed by atoms with Crippen LogP contribution in [-0.2, 0) is 52.9 Å². The number of rotatable bonds is 22. The molecular formula is C36H51N6O11P. The summed E-state index contributed by atoms with van der Waals surface area (Å²) in [5.41, 5.74) is 5.44. The third kappa shape index (κ3) is 10.9. The van der Waals surface area contributed by atoms with Crippen LogP contribution in [0.25, 0.3) is 5.52 Å². The highest BCUT2D eigenvalue weighted by Crippen LogP contribution is 2.46. The van der Waals surface area contributed by atoms with Crippen LogP contribution >= 0.6 is 8.53 Å². The minimum atomic E-state index is -2.07. The van der Waals surface area contributed by atoms with Gasteiger partial charge in [-0.05, 0) is 44.8 Å². The van der Waals surface area contributed by atoms with E-state index in [4.69, 9.17) is 43.2 Å². The number of nitrogens with one attached hydrogen (secondary N) is 1. The molecule has 1 saturated heterocycles. The summed E-state index contributed by atoms with van der Waals surface area (Å²) in [5.74, 6) is -2.11. The van der Waals surface area contributed by atoms with Crippen molar-refractivity contribution in [1.82, 2.24) is 19.7 Å². The van der Waals surface area contributed by atoms with Crippen LogP contribution in [0.2, 0.25) is 0 Å². The Hall–Kier alpha value is -4.25. The average Bonchev–Trinajstić information content (AvgIpc) is 3.71. The van der Waals surface area contributed by atoms with Crippen molar-refractivity contribution >= 4 is 44.5 Å². The smallest absolute Gasteiger partial charge is 0.323 e. The number of nitrogens with zero attached hydrogens (tertiary/aromatic N) is 4. The maximum Gasteiger partial charge on any atom is 0.323 e. The summed E-state index contributed by atoms with van der Waals surface area (Å²) >= 11 is 0. The van der Waals surface area contributed by atoms with Crippen LogP contribution in [0, 0.1) is 11.8 Å². The Morgan fingerprint density at radius 2 is 1.67 bits per heavy atom. The van der Waals surface area contributed by atoms with Crippen molar-refractivity contribution in [3.05, 3.63) is 54.5 Å². The summed E-state index contributed by atoms with van der Waals surface area (Å²) in [5, 5.41) is 7.46. The van der Waals surface area contributed by atoms with Crippen LogP contribution in [0.5, 0.6) is 5.75 Å². The first-order valence-corrected chi connectivity index (χ1v) is 18.9. The van der Waals surface area contributed by atoms with E-state index in [2.05, 4.69) is 26.9 Å². The van der Waals surface area contributed by atoms with Crippen LogP contribution in [0.4, 0.5) is 5.82 Å². The maximum absolute atomic E-state index is 13.3. The van der Waals surface area contributed by atoms with Gasteiger partial charge in [-0.25, -0.2) is 14.6 Å². The average molecular weight is 775 g/mol. The largest absolute Gasteiger partial charge is 0.462 e. The predicted molar refractivity (Wildman–Crippen MR) is 199 cm³/mol. The fourth-order valence-electron chi connectivity index (χ4n) is 5.39. The quantitative estimate of drug-likeness (QED) is 0.0492. The Morgan fingerprint density at radius 1 is 0.981 bits per heavy atom. The lowest BCUT2D eigenvalue weighted by Gasteiger charge is -2.33. The molecule has 3 heterocycles. The fraction of sp³-hybridized carbons (Fsp3) is 0.556. The van der Waals surface area contributed by atoms with Gasteiger partial charge in [0.1, 0.15) is 36.3 Å². The van der Waals surface area contributed by atoms with Gasteiger partial charge in [0.25, 0.3) is 0 Å². The second-order valence-corrected chi connectivity index (χ2v) is 14.2. The van der Waals surface area contributed by atoms with Gasteiger partial charge in [-0.1, -0.05) is 45.9 Å². The van der Waals surface area contributed by atoms with E-state index in [1.807, 2.05) is 13.0 Å². The molecule has 6 atom stereocenters. The lowest BCUT2D eigenvalue weighted by Crippen LogP contribution is -2.49. The Kier molecular flexibility index (Phi) is 16.1. The number of hydrogen-bond acceptors (Lipinski definition) is 16. The van der Waals surface area contributed by atoms with E-state index in [9.17, 15) is 14.4 Å². The summed E-state index contributed by atoms with van der Waals surface area (Å²) in [7, 11) is -2.07. The van der Waals surface area contributed by atoms with Gasteiger partial charge < -0.3 is 43.2 Å². The molecule has 0 aliphatic carbocycles. The molecular weight excluding hydrogens is 723 g/mol. The summed E-state index contributed by atoms with van der Waals surface area (Å²) in [4.78, 5) is 47.8. The van der Waals surface area contributed by atoms with E-state index >= 15 is 0 Å². The van der Waals surface area contributed by atoms with Gasteiger partial charge in [0.2, 0.25) is 0 Å². The number of aromatic nitrogens is 3. The molecule has 1 fully saturated rings. The SMILES string of the molecule is C=NC[C@@]1(c2ccc3c(N)ncnn23)O[C@H](COP(N[C@@H](C)C(=O)OCCOCCOCC)Oc2ccccc2)[C@@H](OC(=O)C(C)C)[C@H]1OC(=O)C(C)C. The zero-order valence-electron chi connectivity index (χ0n) is 31.5. The van der Waals surface area contributed by atoms with Crippen molar-refractivity contribution in [3.8, 4) is 5.75 Å². The molecule has 0 spiro atoms. The monoisotopic (exact) mass is 774 g/mol. The highest BCUT2D eigenvalue weighted by Gasteiger charge is 2.62. The number of anilines is 1. The molecule has 4 rings (SSSR count). The highest BCUT2D eigenvalue weighted by molar-refractivity contribution is 7.45. The highest BCUT2D eigenvalue weighted by atomic mass is 31.2. The Morgan fingerprint density at radius 3 is 2.35 bits per heavy atom. The van der Waals surface area contributed by atoms with Gasteiger partial charge in [0.05, 0.1) is 50.5 Å². The van der Waals surface area contributed by atoms with Gasteiger partial charge in [-0.3, -0.25) is 19.4 Å². The molecule has 18 heteroatoms. The molecule has 296 valence electrons. The molecule has 0 bridgehead atoms. The number of carbonyl (C=O) groups excluding carboxylic acids is 3.